The van der Waals surface area contributed by atoms with E-state index in [9.17, 15) is 4.79 Å². The van der Waals surface area contributed by atoms with Crippen molar-refractivity contribution in [3.8, 4) is 0 Å². The molecule has 0 bridgehead atoms. The van der Waals surface area contributed by atoms with Gasteiger partial charge in [0.15, 0.2) is 0 Å². The van der Waals surface area contributed by atoms with Crippen molar-refractivity contribution in [2.45, 2.75) is 19.4 Å². The number of benzene rings is 1. The highest BCUT2D eigenvalue weighted by Crippen LogP contribution is 2.04. The van der Waals surface area contributed by atoms with Gasteiger partial charge in [0.1, 0.15) is 6.61 Å². The number of hydrogen-bond acceptors (Lipinski definition) is 3. The largest absolute Gasteiger partial charge is 0.463 e. The average Bonchev–Trinajstić information content (AvgIpc) is 2.39. The summed E-state index contributed by atoms with van der Waals surface area (Å²) in [6.07, 6.45) is 2.36. The first-order valence-electron chi connectivity index (χ1n) is 5.79. The molecule has 0 amide bonds. The first kappa shape index (κ1) is 13.5. The Morgan fingerprint density at radius 2 is 1.88 bits per heavy atom. The van der Waals surface area contributed by atoms with Crippen molar-refractivity contribution in [2.24, 2.45) is 0 Å². The van der Waals surface area contributed by atoms with Crippen molar-refractivity contribution in [2.75, 3.05) is 13.1 Å². The number of carbonyl (C=O) groups is 1. The van der Waals surface area contributed by atoms with Crippen LogP contribution in [0.2, 0.25) is 0 Å². The molecule has 3 nitrogen and oxygen atoms in total. The van der Waals surface area contributed by atoms with Crippen LogP contribution < -0.4 is 5.32 Å². The summed E-state index contributed by atoms with van der Waals surface area (Å²) in [5.74, 6) is 0. The van der Waals surface area contributed by atoms with Crippen LogP contribution in [-0.4, -0.2) is 19.6 Å². The van der Waals surface area contributed by atoms with Gasteiger partial charge in [0.25, 0.3) is 6.47 Å². The van der Waals surface area contributed by atoms with E-state index in [0.29, 0.717) is 13.1 Å². The van der Waals surface area contributed by atoms with E-state index in [1.807, 2.05) is 30.3 Å². The Morgan fingerprint density at radius 3 is 2.35 bits per heavy atom. The van der Waals surface area contributed by atoms with Crippen molar-refractivity contribution >= 4 is 6.47 Å². The summed E-state index contributed by atoms with van der Waals surface area (Å²) in [6, 6.07) is 9.55. The second-order valence-electron chi connectivity index (χ2n) is 3.89. The SMILES string of the molecule is C=C1CCNCC1.O=COCc1ccccc1. The van der Waals surface area contributed by atoms with Crippen LogP contribution in [0.25, 0.3) is 0 Å². The predicted molar refractivity (Wildman–Crippen MR) is 68.5 cm³/mol. The normalized spacial score (nSPS) is 14.5. The Morgan fingerprint density at radius 1 is 1.24 bits per heavy atom. The van der Waals surface area contributed by atoms with Gasteiger partial charge in [0.2, 0.25) is 0 Å². The minimum atomic E-state index is 0.365. The van der Waals surface area contributed by atoms with Crippen LogP contribution in [0.15, 0.2) is 42.5 Å². The quantitative estimate of drug-likeness (QED) is 0.643. The summed E-state index contributed by atoms with van der Waals surface area (Å²) in [6.45, 7) is 6.97. The third-order valence-electron chi connectivity index (χ3n) is 2.47. The molecule has 92 valence electrons. The zero-order chi connectivity index (χ0) is 12.3. The molecule has 1 aliphatic heterocycles. The lowest BCUT2D eigenvalue weighted by Gasteiger charge is -2.12. The van der Waals surface area contributed by atoms with Crippen molar-refractivity contribution in [3.05, 3.63) is 48.0 Å². The molecule has 2 rings (SSSR count). The Hall–Kier alpha value is -1.61. The van der Waals surface area contributed by atoms with Gasteiger partial charge in [-0.15, -0.1) is 0 Å². The molecular formula is C14H19NO2. The van der Waals surface area contributed by atoms with Gasteiger partial charge in [-0.3, -0.25) is 4.79 Å². The molecule has 3 heteroatoms. The third-order valence-corrected chi connectivity index (χ3v) is 2.47. The van der Waals surface area contributed by atoms with E-state index in [1.54, 1.807) is 0 Å². The highest BCUT2D eigenvalue weighted by atomic mass is 16.5. The molecule has 1 aliphatic rings. The summed E-state index contributed by atoms with van der Waals surface area (Å²) in [7, 11) is 0. The molecule has 0 aromatic heterocycles. The van der Waals surface area contributed by atoms with E-state index >= 15 is 0 Å². The molecule has 1 N–H and O–H groups in total. The van der Waals surface area contributed by atoms with Crippen LogP contribution in [0.3, 0.4) is 0 Å². The van der Waals surface area contributed by atoms with Crippen LogP contribution in [0.5, 0.6) is 0 Å². The van der Waals surface area contributed by atoms with Crippen molar-refractivity contribution < 1.29 is 9.53 Å². The summed E-state index contributed by atoms with van der Waals surface area (Å²) < 4.78 is 4.54. The molecule has 1 aromatic carbocycles. The Labute approximate surface area is 102 Å². The Kier molecular flexibility index (Phi) is 6.75. The van der Waals surface area contributed by atoms with Gasteiger partial charge < -0.3 is 10.1 Å². The minimum Gasteiger partial charge on any atom is -0.463 e. The smallest absolute Gasteiger partial charge is 0.293 e. The van der Waals surface area contributed by atoms with Gasteiger partial charge >= 0.3 is 0 Å². The Bertz CT molecular complexity index is 327. The fourth-order valence-corrected chi connectivity index (χ4v) is 1.48. The predicted octanol–water partition coefficient (Wildman–Crippen LogP) is 2.29. The number of piperidine rings is 1. The summed E-state index contributed by atoms with van der Waals surface area (Å²) in [5.41, 5.74) is 2.41. The van der Waals surface area contributed by atoms with Crippen LogP contribution in [-0.2, 0) is 16.1 Å². The van der Waals surface area contributed by atoms with Gasteiger partial charge in [-0.1, -0.05) is 42.5 Å². The van der Waals surface area contributed by atoms with Crippen LogP contribution in [0.1, 0.15) is 18.4 Å². The first-order chi connectivity index (χ1) is 8.33. The van der Waals surface area contributed by atoms with E-state index < -0.39 is 0 Å². The fourth-order valence-electron chi connectivity index (χ4n) is 1.48. The monoisotopic (exact) mass is 233 g/mol. The molecule has 0 spiro atoms. The number of ether oxygens (including phenoxy) is 1. The zero-order valence-corrected chi connectivity index (χ0v) is 10.0. The molecule has 0 radical (unpaired) electrons. The minimum absolute atomic E-state index is 0.365. The number of nitrogens with one attached hydrogen (secondary N) is 1. The summed E-state index contributed by atoms with van der Waals surface area (Å²) in [5, 5.41) is 3.25. The van der Waals surface area contributed by atoms with Crippen molar-refractivity contribution in [1.82, 2.24) is 5.32 Å². The van der Waals surface area contributed by atoms with Gasteiger partial charge in [-0.05, 0) is 31.5 Å². The number of rotatable bonds is 3. The maximum atomic E-state index is 9.76. The highest BCUT2D eigenvalue weighted by Gasteiger charge is 1.99. The fraction of sp³-hybridized carbons (Fsp3) is 0.357. The molecule has 1 aromatic rings. The van der Waals surface area contributed by atoms with Gasteiger partial charge in [-0.2, -0.15) is 0 Å². The summed E-state index contributed by atoms with van der Waals surface area (Å²) in [4.78, 5) is 9.76. The second-order valence-corrected chi connectivity index (χ2v) is 3.89. The van der Waals surface area contributed by atoms with Gasteiger partial charge in [-0.25, -0.2) is 0 Å². The Balaban J connectivity index is 0.000000181. The van der Waals surface area contributed by atoms with Gasteiger partial charge in [0.05, 0.1) is 0 Å². The molecule has 0 saturated carbocycles. The summed E-state index contributed by atoms with van der Waals surface area (Å²) >= 11 is 0. The highest BCUT2D eigenvalue weighted by molar-refractivity contribution is 5.37. The molecule has 1 saturated heterocycles. The first-order valence-corrected chi connectivity index (χ1v) is 5.79. The molecular weight excluding hydrogens is 214 g/mol. The molecule has 17 heavy (non-hydrogen) atoms. The topological polar surface area (TPSA) is 38.3 Å². The van der Waals surface area contributed by atoms with Crippen molar-refractivity contribution in [3.63, 3.8) is 0 Å². The van der Waals surface area contributed by atoms with E-state index in [4.69, 9.17) is 0 Å². The van der Waals surface area contributed by atoms with E-state index in [1.165, 1.54) is 18.4 Å². The maximum Gasteiger partial charge on any atom is 0.293 e. The van der Waals surface area contributed by atoms with E-state index in [2.05, 4.69) is 16.6 Å². The molecule has 1 fully saturated rings. The standard InChI is InChI=1S/C8H8O2.C6H11N/c9-7-10-6-8-4-2-1-3-5-8;1-6-2-4-7-5-3-6/h1-5,7H,6H2;7H,1-5H2. The molecule has 0 atom stereocenters. The lowest BCUT2D eigenvalue weighted by molar-refractivity contribution is -0.129. The van der Waals surface area contributed by atoms with Crippen LogP contribution in [0.4, 0.5) is 0 Å². The van der Waals surface area contributed by atoms with Crippen LogP contribution in [0, 0.1) is 0 Å². The maximum absolute atomic E-state index is 9.76. The van der Waals surface area contributed by atoms with Gasteiger partial charge in [0, 0.05) is 0 Å². The average molecular weight is 233 g/mol. The third kappa shape index (κ3) is 6.53. The lowest BCUT2D eigenvalue weighted by Crippen LogP contribution is -2.22. The molecule has 1 heterocycles. The molecule has 0 aliphatic carbocycles. The second kappa shape index (κ2) is 8.53. The van der Waals surface area contributed by atoms with E-state index in [0.717, 1.165) is 18.7 Å². The van der Waals surface area contributed by atoms with E-state index in [-0.39, 0.29) is 0 Å². The number of carbonyl (C=O) groups excluding carboxylic acids is 1. The van der Waals surface area contributed by atoms with Crippen LogP contribution >= 0.6 is 0 Å². The number of hydrogen-bond donors (Lipinski definition) is 1. The van der Waals surface area contributed by atoms with Crippen molar-refractivity contribution in [1.29, 1.82) is 0 Å². The molecule has 0 unspecified atom stereocenters. The lowest BCUT2D eigenvalue weighted by atomic mass is 10.1. The zero-order valence-electron chi connectivity index (χ0n) is 10.0.